The van der Waals surface area contributed by atoms with Gasteiger partial charge in [0.05, 0.1) is 23.0 Å². The zero-order valence-corrected chi connectivity index (χ0v) is 26.3. The summed E-state index contributed by atoms with van der Waals surface area (Å²) in [7, 11) is 0. The Morgan fingerprint density at radius 3 is 1.71 bits per heavy atom. The second kappa shape index (κ2) is 11.8. The third-order valence-electron chi connectivity index (χ3n) is 9.15. The summed E-state index contributed by atoms with van der Waals surface area (Å²) in [5, 5.41) is 13.7. The van der Waals surface area contributed by atoms with E-state index in [1.165, 1.54) is 0 Å². The summed E-state index contributed by atoms with van der Waals surface area (Å²) in [6.07, 6.45) is 0. The van der Waals surface area contributed by atoms with Crippen LogP contribution in [0.15, 0.2) is 168 Å². The van der Waals surface area contributed by atoms with Crippen LogP contribution in [0.4, 0.5) is 0 Å². The van der Waals surface area contributed by atoms with Crippen molar-refractivity contribution in [3.05, 3.63) is 169 Å². The van der Waals surface area contributed by atoms with Crippen molar-refractivity contribution in [2.24, 2.45) is 0 Å². The normalized spacial score (nSPS) is 11.2. The molecule has 0 amide bonds. The van der Waals surface area contributed by atoms with E-state index in [0.29, 0.717) is 11.4 Å². The molecule has 2 heterocycles. The summed E-state index contributed by atoms with van der Waals surface area (Å²) in [6.45, 7) is 0. The number of nitriles is 1. The molecule has 0 radical (unpaired) electrons. The highest BCUT2D eigenvalue weighted by molar-refractivity contribution is 6.22. The van der Waals surface area contributed by atoms with E-state index in [1.807, 2.05) is 84.9 Å². The number of benzene rings is 7. The number of nitrogens with zero attached hydrogens (tertiary/aromatic N) is 3. The summed E-state index contributed by atoms with van der Waals surface area (Å²) >= 11 is 0. The molecule has 0 aliphatic rings. The number of hydrogen-bond acceptors (Lipinski definition) is 4. The van der Waals surface area contributed by atoms with Crippen LogP contribution in [0.25, 0.3) is 88.9 Å². The minimum atomic E-state index is 0.638. The van der Waals surface area contributed by atoms with Crippen LogP contribution < -0.4 is 0 Å². The Balaban J connectivity index is 1.20. The maximum atomic E-state index is 9.35. The van der Waals surface area contributed by atoms with E-state index in [1.54, 1.807) is 0 Å². The Morgan fingerprint density at radius 1 is 0.449 bits per heavy atom. The van der Waals surface area contributed by atoms with Crippen LogP contribution in [0.2, 0.25) is 0 Å². The van der Waals surface area contributed by atoms with E-state index in [9.17, 15) is 5.26 Å². The molecule has 49 heavy (non-hydrogen) atoms. The molecular formula is C45H27N3O. The first-order valence-electron chi connectivity index (χ1n) is 16.2. The van der Waals surface area contributed by atoms with E-state index in [2.05, 4.69) is 84.9 Å². The lowest BCUT2D eigenvalue weighted by atomic mass is 9.92. The standard InChI is InChI=1S/C45H27N3O/c46-28-29-18-20-30(21-19-29)35-16-9-17-42-43(35)39-26-38(36-14-7-8-15-37(36)44(39)49-42)31-22-24-33(25-23-31)41-27-40(32-10-3-1-4-11-32)47-45(48-41)34-12-5-2-6-13-34/h1-27H. The van der Waals surface area contributed by atoms with Gasteiger partial charge in [-0.15, -0.1) is 0 Å². The third-order valence-corrected chi connectivity index (χ3v) is 9.15. The molecule has 9 rings (SSSR count). The molecule has 0 aliphatic heterocycles. The van der Waals surface area contributed by atoms with E-state index in [4.69, 9.17) is 14.4 Å². The molecule has 0 fully saturated rings. The Hall–Kier alpha value is -6.83. The molecule has 0 atom stereocenters. The Kier molecular flexibility index (Phi) is 6.81. The maximum absolute atomic E-state index is 9.35. The Labute approximate surface area is 283 Å². The first-order valence-corrected chi connectivity index (χ1v) is 16.2. The van der Waals surface area contributed by atoms with E-state index in [-0.39, 0.29) is 0 Å². The summed E-state index contributed by atoms with van der Waals surface area (Å²) in [5.74, 6) is 0.697. The molecule has 9 aromatic rings. The van der Waals surface area contributed by atoms with Gasteiger partial charge >= 0.3 is 0 Å². The maximum Gasteiger partial charge on any atom is 0.160 e. The van der Waals surface area contributed by atoms with E-state index >= 15 is 0 Å². The number of aromatic nitrogens is 2. The van der Waals surface area contributed by atoms with Crippen molar-refractivity contribution >= 4 is 32.7 Å². The van der Waals surface area contributed by atoms with Crippen LogP contribution in [0.1, 0.15) is 5.56 Å². The number of furan rings is 1. The van der Waals surface area contributed by atoms with Gasteiger partial charge in [0, 0.05) is 32.8 Å². The van der Waals surface area contributed by atoms with Crippen molar-refractivity contribution < 1.29 is 4.42 Å². The zero-order chi connectivity index (χ0) is 32.7. The molecule has 0 saturated heterocycles. The summed E-state index contributed by atoms with van der Waals surface area (Å²) in [5.41, 5.74) is 11.5. The Morgan fingerprint density at radius 2 is 1.02 bits per heavy atom. The van der Waals surface area contributed by atoms with Crippen molar-refractivity contribution in [1.82, 2.24) is 9.97 Å². The minimum absolute atomic E-state index is 0.638. The molecular weight excluding hydrogens is 599 g/mol. The largest absolute Gasteiger partial charge is 0.455 e. The van der Waals surface area contributed by atoms with Crippen molar-refractivity contribution in [3.8, 4) is 62.2 Å². The highest BCUT2D eigenvalue weighted by Crippen LogP contribution is 2.43. The average molecular weight is 626 g/mol. The predicted octanol–water partition coefficient (Wildman–Crippen LogP) is 11.7. The minimum Gasteiger partial charge on any atom is -0.455 e. The van der Waals surface area contributed by atoms with Gasteiger partial charge in [0.15, 0.2) is 5.82 Å². The molecule has 4 heteroatoms. The van der Waals surface area contributed by atoms with Crippen LogP contribution in [0.5, 0.6) is 0 Å². The summed E-state index contributed by atoms with van der Waals surface area (Å²) in [4.78, 5) is 9.98. The van der Waals surface area contributed by atoms with Gasteiger partial charge < -0.3 is 4.42 Å². The second-order valence-corrected chi connectivity index (χ2v) is 12.1. The van der Waals surface area contributed by atoms with Gasteiger partial charge in [-0.25, -0.2) is 9.97 Å². The fourth-order valence-electron chi connectivity index (χ4n) is 6.74. The van der Waals surface area contributed by atoms with Crippen LogP contribution in [-0.2, 0) is 0 Å². The van der Waals surface area contributed by atoms with Gasteiger partial charge in [-0.05, 0) is 58.0 Å². The molecule has 2 aromatic heterocycles. The van der Waals surface area contributed by atoms with Gasteiger partial charge in [0.2, 0.25) is 0 Å². The van der Waals surface area contributed by atoms with E-state index in [0.717, 1.165) is 83.0 Å². The lowest BCUT2D eigenvalue weighted by Crippen LogP contribution is -1.95. The fraction of sp³-hybridized carbons (Fsp3) is 0. The highest BCUT2D eigenvalue weighted by atomic mass is 16.3. The van der Waals surface area contributed by atoms with Crippen molar-refractivity contribution in [3.63, 3.8) is 0 Å². The van der Waals surface area contributed by atoms with Crippen LogP contribution >= 0.6 is 0 Å². The topological polar surface area (TPSA) is 62.7 Å². The molecule has 0 saturated carbocycles. The molecule has 0 unspecified atom stereocenters. The molecule has 7 aromatic carbocycles. The molecule has 0 spiro atoms. The lowest BCUT2D eigenvalue weighted by Gasteiger charge is -2.11. The number of fused-ring (bicyclic) bond motifs is 5. The molecule has 0 bridgehead atoms. The van der Waals surface area contributed by atoms with Crippen molar-refractivity contribution in [1.29, 1.82) is 5.26 Å². The lowest BCUT2D eigenvalue weighted by molar-refractivity contribution is 0.673. The number of hydrogen-bond donors (Lipinski definition) is 0. The summed E-state index contributed by atoms with van der Waals surface area (Å²) in [6, 6.07) is 57.9. The first-order chi connectivity index (χ1) is 24.2. The van der Waals surface area contributed by atoms with E-state index < -0.39 is 0 Å². The van der Waals surface area contributed by atoms with Gasteiger partial charge in [-0.1, -0.05) is 133 Å². The molecule has 4 nitrogen and oxygen atoms in total. The first kappa shape index (κ1) is 28.4. The van der Waals surface area contributed by atoms with Crippen molar-refractivity contribution in [2.45, 2.75) is 0 Å². The zero-order valence-electron chi connectivity index (χ0n) is 26.3. The van der Waals surface area contributed by atoms with Crippen LogP contribution in [-0.4, -0.2) is 9.97 Å². The van der Waals surface area contributed by atoms with Gasteiger partial charge in [0.25, 0.3) is 0 Å². The fourth-order valence-corrected chi connectivity index (χ4v) is 6.74. The Bertz CT molecular complexity index is 2630. The second-order valence-electron chi connectivity index (χ2n) is 12.1. The van der Waals surface area contributed by atoms with Crippen LogP contribution in [0.3, 0.4) is 0 Å². The number of rotatable bonds is 5. The monoisotopic (exact) mass is 625 g/mol. The smallest absolute Gasteiger partial charge is 0.160 e. The van der Waals surface area contributed by atoms with Crippen molar-refractivity contribution in [2.75, 3.05) is 0 Å². The third kappa shape index (κ3) is 5.02. The summed E-state index contributed by atoms with van der Waals surface area (Å²) < 4.78 is 6.57. The molecule has 0 N–H and O–H groups in total. The molecule has 228 valence electrons. The van der Waals surface area contributed by atoms with Gasteiger partial charge in [-0.2, -0.15) is 5.26 Å². The predicted molar refractivity (Wildman–Crippen MR) is 199 cm³/mol. The molecule has 0 aliphatic carbocycles. The van der Waals surface area contributed by atoms with Gasteiger partial charge in [-0.3, -0.25) is 0 Å². The average Bonchev–Trinajstić information content (AvgIpc) is 3.57. The SMILES string of the molecule is N#Cc1ccc(-c2cccc3oc4c5ccccc5c(-c5ccc(-c6cc(-c7ccccc7)nc(-c7ccccc7)n6)cc5)cc4c23)cc1. The van der Waals surface area contributed by atoms with Gasteiger partial charge in [0.1, 0.15) is 11.2 Å². The quantitative estimate of drug-likeness (QED) is 0.191. The highest BCUT2D eigenvalue weighted by Gasteiger charge is 2.18. The van der Waals surface area contributed by atoms with Crippen LogP contribution in [0, 0.1) is 11.3 Å².